The van der Waals surface area contributed by atoms with Crippen molar-refractivity contribution >= 4 is 28.6 Å². The smallest absolute Gasteiger partial charge is 0.303 e. The van der Waals surface area contributed by atoms with Crippen molar-refractivity contribution in [1.82, 2.24) is 0 Å². The Hall–Kier alpha value is -1.90. The van der Waals surface area contributed by atoms with Gasteiger partial charge in [0.15, 0.2) is 23.7 Å². The van der Waals surface area contributed by atoms with Crippen molar-refractivity contribution in [3.05, 3.63) is 83.3 Å². The highest BCUT2D eigenvalue weighted by atomic mass is 127. The normalized spacial score (nSPS) is 14.9. The minimum atomic E-state index is -0.583. The molecule has 1 aliphatic heterocycles. The molecule has 5 nitrogen and oxygen atoms in total. The third-order valence-electron chi connectivity index (χ3n) is 4.17. The summed E-state index contributed by atoms with van der Waals surface area (Å²) in [6.07, 6.45) is -1.08. The summed E-state index contributed by atoms with van der Waals surface area (Å²) in [6.45, 7) is 2.43. The molecule has 6 heteroatoms. The molecule has 2 atom stereocenters. The summed E-state index contributed by atoms with van der Waals surface area (Å²) in [6, 6.07) is 19.7. The minimum absolute atomic E-state index is 0.218. The van der Waals surface area contributed by atoms with E-state index in [9.17, 15) is 4.79 Å². The third-order valence-corrected chi connectivity index (χ3v) is 4.86. The molecule has 0 radical (unpaired) electrons. The molecule has 28 heavy (non-hydrogen) atoms. The molecule has 0 saturated carbocycles. The fourth-order valence-electron chi connectivity index (χ4n) is 2.79. The lowest BCUT2D eigenvalue weighted by atomic mass is 10.1. The highest BCUT2D eigenvalue weighted by Gasteiger charge is 2.40. The summed E-state index contributed by atoms with van der Waals surface area (Å²) < 4.78 is 23.8. The zero-order valence-corrected chi connectivity index (χ0v) is 17.8. The molecule has 0 bridgehead atoms. The molecule has 2 aromatic rings. The van der Waals surface area contributed by atoms with Gasteiger partial charge in [-0.15, -0.1) is 0 Å². The van der Waals surface area contributed by atoms with Crippen LogP contribution in [0, 0.1) is 0 Å². The molecule has 0 fully saturated rings. The number of halogens is 1. The van der Waals surface area contributed by atoms with E-state index in [1.54, 1.807) is 0 Å². The number of rotatable bonds is 11. The van der Waals surface area contributed by atoms with Crippen molar-refractivity contribution in [3.8, 4) is 0 Å². The van der Waals surface area contributed by atoms with Crippen LogP contribution in [0.2, 0.25) is 0 Å². The van der Waals surface area contributed by atoms with E-state index in [1.807, 2.05) is 60.7 Å². The van der Waals surface area contributed by atoms with Gasteiger partial charge in [-0.2, -0.15) is 0 Å². The first-order valence-corrected chi connectivity index (χ1v) is 10.6. The summed E-state index contributed by atoms with van der Waals surface area (Å²) in [5.74, 6) is 1.23. The SMILES string of the molecule is CC(=O)O[C@H](COCc1ccccc1)[C@H](OCc1ccccc1)C1=C(CI)O1. The maximum atomic E-state index is 11.7. The number of alkyl halides is 1. The topological polar surface area (TPSA) is 57.3 Å². The minimum Gasteiger partial charge on any atom is -0.457 e. The molecule has 0 unspecified atom stereocenters. The van der Waals surface area contributed by atoms with Gasteiger partial charge in [0.05, 0.1) is 24.2 Å². The average molecular weight is 494 g/mol. The molecule has 1 aliphatic rings. The predicted octanol–water partition coefficient (Wildman–Crippen LogP) is 4.40. The van der Waals surface area contributed by atoms with Gasteiger partial charge in [-0.05, 0) is 11.1 Å². The quantitative estimate of drug-likeness (QED) is 0.264. The lowest BCUT2D eigenvalue weighted by Crippen LogP contribution is -2.37. The molecule has 0 N–H and O–H groups in total. The van der Waals surface area contributed by atoms with Crippen LogP contribution < -0.4 is 0 Å². The van der Waals surface area contributed by atoms with Crippen molar-refractivity contribution in [3.63, 3.8) is 0 Å². The van der Waals surface area contributed by atoms with E-state index in [0.29, 0.717) is 13.2 Å². The van der Waals surface area contributed by atoms with Gasteiger partial charge in [-0.3, -0.25) is 4.79 Å². The lowest BCUT2D eigenvalue weighted by Gasteiger charge is -2.24. The van der Waals surface area contributed by atoms with Gasteiger partial charge in [-0.1, -0.05) is 83.3 Å². The van der Waals surface area contributed by atoms with Crippen molar-refractivity contribution in [1.29, 1.82) is 0 Å². The highest BCUT2D eigenvalue weighted by molar-refractivity contribution is 14.1. The Morgan fingerprint density at radius 1 is 1.00 bits per heavy atom. The molecular formula is C22H23IO5. The first-order chi connectivity index (χ1) is 13.7. The number of allylic oxidation sites excluding steroid dienone is 1. The maximum Gasteiger partial charge on any atom is 0.303 e. The number of carbonyl (C=O) groups excluding carboxylic acids is 1. The van der Waals surface area contributed by atoms with Crippen LogP contribution in [0.3, 0.4) is 0 Å². The fourth-order valence-corrected chi connectivity index (χ4v) is 3.32. The molecule has 0 saturated heterocycles. The summed E-state index contributed by atoms with van der Waals surface area (Å²) in [4.78, 5) is 11.7. The molecule has 0 spiro atoms. The Bertz CT molecular complexity index is 791. The first kappa shape index (κ1) is 20.8. The van der Waals surface area contributed by atoms with Crippen molar-refractivity contribution in [2.75, 3.05) is 11.0 Å². The van der Waals surface area contributed by atoms with E-state index in [4.69, 9.17) is 18.9 Å². The second kappa shape index (κ2) is 10.6. The Kier molecular flexibility index (Phi) is 7.88. The predicted molar refractivity (Wildman–Crippen MR) is 114 cm³/mol. The van der Waals surface area contributed by atoms with Gasteiger partial charge in [0.1, 0.15) is 0 Å². The standard InChI is InChI=1S/C22H23IO5/c1-16(24)27-20(15-25-13-17-8-4-2-5-9-17)21(22-19(12-23)28-22)26-14-18-10-6-3-7-11-18/h2-11,20-21H,12-15H2,1H3/t20-,21+/m1/s1. The van der Waals surface area contributed by atoms with Gasteiger partial charge < -0.3 is 18.9 Å². The Balaban J connectivity index is 1.66. The van der Waals surface area contributed by atoms with E-state index in [2.05, 4.69) is 22.6 Å². The van der Waals surface area contributed by atoms with Crippen LogP contribution in [-0.2, 0) is 37.0 Å². The highest BCUT2D eigenvalue weighted by Crippen LogP contribution is 2.35. The van der Waals surface area contributed by atoms with E-state index in [0.717, 1.165) is 27.1 Å². The van der Waals surface area contributed by atoms with Crippen LogP contribution >= 0.6 is 22.6 Å². The molecule has 1 heterocycles. The average Bonchev–Trinajstić information content (AvgIpc) is 3.49. The van der Waals surface area contributed by atoms with E-state index < -0.39 is 12.2 Å². The van der Waals surface area contributed by atoms with Crippen molar-refractivity contribution in [2.24, 2.45) is 0 Å². The van der Waals surface area contributed by atoms with Crippen LogP contribution in [-0.4, -0.2) is 29.2 Å². The largest absolute Gasteiger partial charge is 0.457 e. The summed E-state index contributed by atoms with van der Waals surface area (Å²) in [7, 11) is 0. The van der Waals surface area contributed by atoms with Gasteiger partial charge in [-0.25, -0.2) is 0 Å². The van der Waals surface area contributed by atoms with Crippen molar-refractivity contribution in [2.45, 2.75) is 32.3 Å². The van der Waals surface area contributed by atoms with E-state index in [1.165, 1.54) is 6.92 Å². The number of carbonyl (C=O) groups is 1. The molecule has 148 valence electrons. The summed E-state index contributed by atoms with van der Waals surface area (Å²) in [5.41, 5.74) is 2.09. The number of hydrogen-bond donors (Lipinski definition) is 0. The zero-order valence-electron chi connectivity index (χ0n) is 15.7. The lowest BCUT2D eigenvalue weighted by molar-refractivity contribution is -0.160. The molecule has 2 aromatic carbocycles. The van der Waals surface area contributed by atoms with Gasteiger partial charge >= 0.3 is 5.97 Å². The summed E-state index contributed by atoms with van der Waals surface area (Å²) >= 11 is 2.24. The van der Waals surface area contributed by atoms with Crippen LogP contribution in [0.5, 0.6) is 0 Å². The molecular weight excluding hydrogens is 471 g/mol. The number of esters is 1. The summed E-state index contributed by atoms with van der Waals surface area (Å²) in [5, 5.41) is 0. The van der Waals surface area contributed by atoms with Crippen molar-refractivity contribution < 1.29 is 23.7 Å². The Morgan fingerprint density at radius 2 is 1.61 bits per heavy atom. The fraction of sp³-hybridized carbons (Fsp3) is 0.318. The van der Waals surface area contributed by atoms with Gasteiger partial charge in [0, 0.05) is 6.92 Å². The van der Waals surface area contributed by atoms with Gasteiger partial charge in [0.2, 0.25) is 0 Å². The third kappa shape index (κ3) is 6.32. The first-order valence-electron chi connectivity index (χ1n) is 9.08. The Labute approximate surface area is 178 Å². The van der Waals surface area contributed by atoms with Gasteiger partial charge in [0.25, 0.3) is 0 Å². The zero-order chi connectivity index (χ0) is 19.8. The second-order valence-electron chi connectivity index (χ2n) is 6.39. The Morgan fingerprint density at radius 3 is 2.14 bits per heavy atom. The molecule has 0 amide bonds. The number of hydrogen-bond acceptors (Lipinski definition) is 5. The van der Waals surface area contributed by atoms with Crippen LogP contribution in [0.15, 0.2) is 72.2 Å². The van der Waals surface area contributed by atoms with E-state index >= 15 is 0 Å². The number of ether oxygens (including phenoxy) is 4. The van der Waals surface area contributed by atoms with Crippen LogP contribution in [0.4, 0.5) is 0 Å². The molecule has 0 aromatic heterocycles. The molecule has 0 aliphatic carbocycles. The maximum absolute atomic E-state index is 11.7. The molecule has 3 rings (SSSR count). The monoisotopic (exact) mass is 494 g/mol. The second-order valence-corrected chi connectivity index (χ2v) is 7.15. The van der Waals surface area contributed by atoms with Crippen LogP contribution in [0.25, 0.3) is 0 Å². The number of benzene rings is 2. The van der Waals surface area contributed by atoms with Crippen LogP contribution in [0.1, 0.15) is 18.1 Å². The van der Waals surface area contributed by atoms with E-state index in [-0.39, 0.29) is 12.6 Å².